The summed E-state index contributed by atoms with van der Waals surface area (Å²) < 4.78 is 40.8. The monoisotopic (exact) mass is 459 g/mol. The van der Waals surface area contributed by atoms with E-state index in [2.05, 4.69) is 4.98 Å². The minimum absolute atomic E-state index is 0.216. The van der Waals surface area contributed by atoms with Gasteiger partial charge in [-0.3, -0.25) is 9.59 Å². The number of benzene rings is 2. The molecule has 1 aliphatic rings. The average Bonchev–Trinajstić information content (AvgIpc) is 2.81. The predicted molar refractivity (Wildman–Crippen MR) is 111 cm³/mol. The lowest BCUT2D eigenvalue weighted by molar-refractivity contribution is -0.221. The van der Waals surface area contributed by atoms with Crippen LogP contribution in [0.4, 0.5) is 8.78 Å². The van der Waals surface area contributed by atoms with E-state index in [0.717, 1.165) is 0 Å². The molecule has 172 valence electrons. The van der Waals surface area contributed by atoms with Gasteiger partial charge in [-0.05, 0) is 24.3 Å². The highest BCUT2D eigenvalue weighted by atomic mass is 19.3. The lowest BCUT2D eigenvalue weighted by Crippen LogP contribution is -2.64. The quantitative estimate of drug-likeness (QED) is 0.304. The highest BCUT2D eigenvalue weighted by Crippen LogP contribution is 2.41. The molecule has 0 bridgehead atoms. The molecule has 4 rings (SSSR count). The van der Waals surface area contributed by atoms with Crippen molar-refractivity contribution in [2.75, 3.05) is 12.6 Å². The van der Waals surface area contributed by atoms with Crippen LogP contribution in [-0.4, -0.2) is 51.4 Å². The summed E-state index contributed by atoms with van der Waals surface area (Å²) in [4.78, 5) is 40.4. The summed E-state index contributed by atoms with van der Waals surface area (Å²) in [6.07, 6.45) is -4.63. The van der Waals surface area contributed by atoms with Crippen molar-refractivity contribution >= 4 is 22.8 Å². The molecule has 3 atom stereocenters. The predicted octanol–water partition coefficient (Wildman–Crippen LogP) is 1.05. The Morgan fingerprint density at radius 2 is 1.79 bits per heavy atom. The third-order valence-electron chi connectivity index (χ3n) is 5.42. The van der Waals surface area contributed by atoms with Crippen molar-refractivity contribution in [1.29, 1.82) is 0 Å². The Morgan fingerprint density at radius 1 is 1.12 bits per heavy atom. The first-order valence-corrected chi connectivity index (χ1v) is 9.90. The number of ether oxygens (including phenoxy) is 2. The van der Waals surface area contributed by atoms with Crippen molar-refractivity contribution in [3.05, 3.63) is 76.2 Å². The SMILES string of the molecule is Nn1c(=O)c(CC(F)(F)C2C(=O)C(O)C2OCOC(=O)c2ccccc2)nc2ccccc21. The van der Waals surface area contributed by atoms with Gasteiger partial charge in [0.05, 0.1) is 23.0 Å². The van der Waals surface area contributed by atoms with E-state index in [1.807, 2.05) is 0 Å². The first-order chi connectivity index (χ1) is 15.7. The maximum atomic E-state index is 15.0. The third kappa shape index (κ3) is 4.20. The molecule has 33 heavy (non-hydrogen) atoms. The number of aromatic nitrogens is 2. The van der Waals surface area contributed by atoms with E-state index in [4.69, 9.17) is 15.3 Å². The van der Waals surface area contributed by atoms with Crippen molar-refractivity contribution in [2.24, 2.45) is 5.92 Å². The van der Waals surface area contributed by atoms with Crippen LogP contribution in [0.1, 0.15) is 16.1 Å². The molecule has 0 amide bonds. The minimum atomic E-state index is -3.79. The van der Waals surface area contributed by atoms with E-state index < -0.39 is 60.3 Å². The molecule has 1 fully saturated rings. The summed E-state index contributed by atoms with van der Waals surface area (Å²) in [6.45, 7) is -0.751. The van der Waals surface area contributed by atoms with Gasteiger partial charge in [0.1, 0.15) is 23.8 Å². The summed E-state index contributed by atoms with van der Waals surface area (Å²) in [7, 11) is 0. The summed E-state index contributed by atoms with van der Waals surface area (Å²) in [5.41, 5.74) is -0.773. The number of hydrogen-bond acceptors (Lipinski definition) is 8. The molecule has 0 spiro atoms. The van der Waals surface area contributed by atoms with Crippen LogP contribution in [-0.2, 0) is 20.7 Å². The summed E-state index contributed by atoms with van der Waals surface area (Å²) >= 11 is 0. The summed E-state index contributed by atoms with van der Waals surface area (Å²) in [6, 6.07) is 14.1. The average molecular weight is 459 g/mol. The Labute approximate surface area is 185 Å². The molecule has 1 heterocycles. The second-order valence-corrected chi connectivity index (χ2v) is 7.53. The molecule has 1 saturated carbocycles. The first kappa shape index (κ1) is 22.5. The molecule has 1 aliphatic carbocycles. The van der Waals surface area contributed by atoms with Crippen LogP contribution in [0.25, 0.3) is 11.0 Å². The van der Waals surface area contributed by atoms with Crippen molar-refractivity contribution in [1.82, 2.24) is 9.66 Å². The smallest absolute Gasteiger partial charge is 0.340 e. The van der Waals surface area contributed by atoms with Crippen molar-refractivity contribution in [3.63, 3.8) is 0 Å². The number of nitrogens with two attached hydrogens (primary N) is 1. The molecule has 1 aromatic heterocycles. The third-order valence-corrected chi connectivity index (χ3v) is 5.42. The van der Waals surface area contributed by atoms with Gasteiger partial charge in [0.25, 0.3) is 11.5 Å². The second-order valence-electron chi connectivity index (χ2n) is 7.53. The van der Waals surface area contributed by atoms with Crippen LogP contribution < -0.4 is 11.4 Å². The Kier molecular flexibility index (Phi) is 5.91. The number of carbonyl (C=O) groups excluding carboxylic acids is 2. The summed E-state index contributed by atoms with van der Waals surface area (Å²) in [5, 5.41) is 9.85. The number of esters is 1. The lowest BCUT2D eigenvalue weighted by atomic mass is 9.72. The molecule has 2 aromatic carbocycles. The van der Waals surface area contributed by atoms with Crippen LogP contribution in [0, 0.1) is 5.92 Å². The summed E-state index contributed by atoms with van der Waals surface area (Å²) in [5.74, 6) is -2.03. The topological polar surface area (TPSA) is 134 Å². The number of aliphatic hydroxyl groups is 1. The number of fused-ring (bicyclic) bond motifs is 1. The fourth-order valence-corrected chi connectivity index (χ4v) is 3.68. The molecule has 11 heteroatoms. The number of aliphatic hydroxyl groups excluding tert-OH is 1. The van der Waals surface area contributed by atoms with Gasteiger partial charge in [-0.15, -0.1) is 0 Å². The number of rotatable bonds is 7. The van der Waals surface area contributed by atoms with Crippen molar-refractivity contribution in [2.45, 2.75) is 24.6 Å². The molecule has 0 radical (unpaired) electrons. The second kappa shape index (κ2) is 8.68. The van der Waals surface area contributed by atoms with Crippen molar-refractivity contribution in [3.8, 4) is 0 Å². The molecule has 0 saturated heterocycles. The lowest BCUT2D eigenvalue weighted by Gasteiger charge is -2.42. The highest BCUT2D eigenvalue weighted by Gasteiger charge is 2.62. The van der Waals surface area contributed by atoms with Gasteiger partial charge in [0, 0.05) is 0 Å². The number of ketones is 1. The van der Waals surface area contributed by atoms with Crippen LogP contribution in [0.3, 0.4) is 0 Å². The number of nitrogen functional groups attached to an aromatic ring is 1. The Morgan fingerprint density at radius 3 is 2.52 bits per heavy atom. The first-order valence-electron chi connectivity index (χ1n) is 9.90. The van der Waals surface area contributed by atoms with E-state index in [1.165, 1.54) is 24.3 Å². The van der Waals surface area contributed by atoms with Crippen LogP contribution in [0.15, 0.2) is 59.4 Å². The van der Waals surface area contributed by atoms with E-state index in [-0.39, 0.29) is 16.6 Å². The van der Waals surface area contributed by atoms with E-state index in [0.29, 0.717) is 4.68 Å². The highest BCUT2D eigenvalue weighted by molar-refractivity contribution is 5.94. The van der Waals surface area contributed by atoms with Gasteiger partial charge in [-0.25, -0.2) is 23.2 Å². The number of halogens is 2. The molecular weight excluding hydrogens is 440 g/mol. The van der Waals surface area contributed by atoms with Gasteiger partial charge in [-0.2, -0.15) is 0 Å². The number of para-hydroxylation sites is 2. The van der Waals surface area contributed by atoms with Gasteiger partial charge in [0.2, 0.25) is 0 Å². The van der Waals surface area contributed by atoms with Gasteiger partial charge in [-0.1, -0.05) is 30.3 Å². The Hall–Kier alpha value is -3.70. The molecule has 3 aromatic rings. The van der Waals surface area contributed by atoms with Crippen molar-refractivity contribution < 1.29 is 33.0 Å². The van der Waals surface area contributed by atoms with Gasteiger partial charge < -0.3 is 20.4 Å². The van der Waals surface area contributed by atoms with E-state index in [9.17, 15) is 19.5 Å². The van der Waals surface area contributed by atoms with Crippen LogP contribution >= 0.6 is 0 Å². The van der Waals surface area contributed by atoms with Gasteiger partial charge in [0.15, 0.2) is 12.6 Å². The van der Waals surface area contributed by atoms with E-state index in [1.54, 1.807) is 30.3 Å². The molecule has 3 N–H and O–H groups in total. The maximum Gasteiger partial charge on any atom is 0.340 e. The molecule has 9 nitrogen and oxygen atoms in total. The zero-order valence-corrected chi connectivity index (χ0v) is 17.1. The zero-order chi connectivity index (χ0) is 23.8. The molecular formula is C22H19F2N3O6. The number of Topliss-reactive ketones (excluding diaryl/α,β-unsaturated/α-hetero) is 1. The number of alkyl halides is 2. The Balaban J connectivity index is 1.48. The molecule has 3 unspecified atom stereocenters. The fraction of sp³-hybridized carbons (Fsp3) is 0.273. The zero-order valence-electron chi connectivity index (χ0n) is 17.1. The largest absolute Gasteiger partial charge is 0.435 e. The van der Waals surface area contributed by atoms with Crippen LogP contribution in [0.5, 0.6) is 0 Å². The normalized spacial score (nSPS) is 20.5. The van der Waals surface area contributed by atoms with Gasteiger partial charge >= 0.3 is 5.97 Å². The number of hydrogen-bond donors (Lipinski definition) is 2. The molecule has 0 aliphatic heterocycles. The number of nitrogens with zero attached hydrogens (tertiary/aromatic N) is 2. The standard InChI is InChI=1S/C22H19F2N3O6/c23-22(24,10-14-20(30)27(25)15-9-5-4-8-13(15)26-14)16-17(28)18(29)19(16)32-11-33-21(31)12-6-2-1-3-7-12/h1-9,16,18-19,29H,10-11,25H2. The fourth-order valence-electron chi connectivity index (χ4n) is 3.68. The maximum absolute atomic E-state index is 15.0. The van der Waals surface area contributed by atoms with E-state index >= 15 is 8.78 Å². The van der Waals surface area contributed by atoms with Crippen LogP contribution in [0.2, 0.25) is 0 Å². The Bertz CT molecular complexity index is 1260. The minimum Gasteiger partial charge on any atom is -0.435 e. The number of carbonyl (C=O) groups is 2.